The van der Waals surface area contributed by atoms with Crippen molar-refractivity contribution in [3.63, 3.8) is 0 Å². The van der Waals surface area contributed by atoms with Crippen molar-refractivity contribution in [2.24, 2.45) is 5.73 Å². The first-order valence-electron chi connectivity index (χ1n) is 7.25. The second-order valence-corrected chi connectivity index (χ2v) is 5.01. The summed E-state index contributed by atoms with van der Waals surface area (Å²) >= 11 is 0. The molecule has 0 aliphatic heterocycles. The smallest absolute Gasteiger partial charge is 0.217 e. The number of H-pyrrole nitrogens is 1. The van der Waals surface area contributed by atoms with E-state index in [2.05, 4.69) is 20.2 Å². The minimum Gasteiger partial charge on any atom is -0.425 e. The van der Waals surface area contributed by atoms with Crippen LogP contribution in [0.4, 0.5) is 0 Å². The molecule has 0 saturated carbocycles. The number of aromatic nitrogens is 4. The molecule has 0 unspecified atom stereocenters. The van der Waals surface area contributed by atoms with Crippen molar-refractivity contribution in [3.8, 4) is 0 Å². The van der Waals surface area contributed by atoms with Crippen LogP contribution in [-0.2, 0) is 12.8 Å². The number of Topliss-reactive ketones (excluding diaryl/α,β-unsaturated/α-hetero) is 1. The van der Waals surface area contributed by atoms with Gasteiger partial charge in [0.15, 0.2) is 11.6 Å². The summed E-state index contributed by atoms with van der Waals surface area (Å²) in [6.45, 7) is 0.586. The van der Waals surface area contributed by atoms with Crippen LogP contribution in [0.2, 0.25) is 0 Å². The number of hydrogen-bond acceptors (Lipinski definition) is 6. The molecule has 7 nitrogen and oxygen atoms in total. The molecule has 0 amide bonds. The number of nitrogens with one attached hydrogen (secondary N) is 1. The van der Waals surface area contributed by atoms with Gasteiger partial charge in [-0.2, -0.15) is 0 Å². The Morgan fingerprint density at radius 1 is 1.18 bits per heavy atom. The van der Waals surface area contributed by atoms with E-state index < -0.39 is 0 Å². The summed E-state index contributed by atoms with van der Waals surface area (Å²) in [5, 5.41) is 7.87. The zero-order valence-corrected chi connectivity index (χ0v) is 12.1. The molecule has 0 spiro atoms. The maximum Gasteiger partial charge on any atom is 0.217 e. The monoisotopic (exact) mass is 299 g/mol. The number of rotatable bonds is 7. The van der Waals surface area contributed by atoms with Gasteiger partial charge >= 0.3 is 0 Å². The molecule has 2 heterocycles. The third-order valence-corrected chi connectivity index (χ3v) is 3.32. The number of carbonyl (C=O) groups excluding carboxylic acids is 1. The molecule has 1 aromatic carbocycles. The van der Waals surface area contributed by atoms with Crippen LogP contribution in [-0.4, -0.2) is 32.5 Å². The number of para-hydroxylation sites is 2. The lowest BCUT2D eigenvalue weighted by Crippen LogP contribution is -2.03. The maximum atomic E-state index is 12.2. The van der Waals surface area contributed by atoms with E-state index in [-0.39, 0.29) is 12.2 Å². The zero-order valence-electron chi connectivity index (χ0n) is 12.1. The molecule has 0 radical (unpaired) electrons. The average Bonchev–Trinajstić information content (AvgIpc) is 3.17. The number of carbonyl (C=O) groups is 1. The van der Waals surface area contributed by atoms with E-state index >= 15 is 0 Å². The number of benzene rings is 1. The van der Waals surface area contributed by atoms with Crippen molar-refractivity contribution >= 4 is 16.8 Å². The fourth-order valence-corrected chi connectivity index (χ4v) is 2.17. The first-order chi connectivity index (χ1) is 10.8. The molecule has 0 aliphatic carbocycles. The molecule has 7 heteroatoms. The molecule has 0 aliphatic rings. The van der Waals surface area contributed by atoms with Crippen molar-refractivity contribution in [1.29, 1.82) is 0 Å². The van der Waals surface area contributed by atoms with Gasteiger partial charge in [-0.1, -0.05) is 12.1 Å². The first kappa shape index (κ1) is 14.4. The number of fused-ring (bicyclic) bond motifs is 1. The molecule has 3 N–H and O–H groups in total. The van der Waals surface area contributed by atoms with Gasteiger partial charge in [-0.3, -0.25) is 4.79 Å². The van der Waals surface area contributed by atoms with E-state index in [9.17, 15) is 4.79 Å². The Morgan fingerprint density at radius 3 is 2.73 bits per heavy atom. The van der Waals surface area contributed by atoms with Crippen LogP contribution in [0.5, 0.6) is 0 Å². The van der Waals surface area contributed by atoms with Gasteiger partial charge in [-0.05, 0) is 25.1 Å². The molecule has 0 saturated heterocycles. The highest BCUT2D eigenvalue weighted by atomic mass is 16.4. The third kappa shape index (κ3) is 3.20. The van der Waals surface area contributed by atoms with E-state index in [0.29, 0.717) is 37.0 Å². The quantitative estimate of drug-likeness (QED) is 0.642. The number of nitrogens with zero attached hydrogens (tertiary/aromatic N) is 3. The highest BCUT2D eigenvalue weighted by Gasteiger charge is 2.13. The number of aromatic amines is 1. The number of nitrogens with two attached hydrogens (primary N) is 1. The van der Waals surface area contributed by atoms with Gasteiger partial charge in [0, 0.05) is 19.3 Å². The van der Waals surface area contributed by atoms with E-state index in [1.807, 2.05) is 24.3 Å². The maximum absolute atomic E-state index is 12.2. The predicted molar refractivity (Wildman–Crippen MR) is 80.4 cm³/mol. The van der Waals surface area contributed by atoms with E-state index in [1.54, 1.807) is 0 Å². The Hall–Kier alpha value is -2.54. The van der Waals surface area contributed by atoms with Gasteiger partial charge < -0.3 is 15.1 Å². The molecular weight excluding hydrogens is 282 g/mol. The number of ketones is 1. The van der Waals surface area contributed by atoms with Crippen LogP contribution in [0.25, 0.3) is 11.0 Å². The number of imidazole rings is 1. The van der Waals surface area contributed by atoms with Crippen molar-refractivity contribution in [3.05, 3.63) is 41.9 Å². The SMILES string of the molecule is NCCCc1nnc(CCC(=O)c2nc3ccccc3[nH]2)o1. The van der Waals surface area contributed by atoms with Gasteiger partial charge in [-0.25, -0.2) is 4.98 Å². The molecule has 22 heavy (non-hydrogen) atoms. The molecular formula is C15H17N5O2. The highest BCUT2D eigenvalue weighted by Crippen LogP contribution is 2.13. The second-order valence-electron chi connectivity index (χ2n) is 5.01. The highest BCUT2D eigenvalue weighted by molar-refractivity contribution is 5.95. The Kier molecular flexibility index (Phi) is 4.24. The van der Waals surface area contributed by atoms with Crippen LogP contribution < -0.4 is 5.73 Å². The van der Waals surface area contributed by atoms with Crippen LogP contribution in [0.1, 0.15) is 35.2 Å². The molecule has 114 valence electrons. The molecule has 0 fully saturated rings. The zero-order chi connectivity index (χ0) is 15.4. The largest absolute Gasteiger partial charge is 0.425 e. The normalized spacial score (nSPS) is 11.1. The molecule has 2 aromatic heterocycles. The lowest BCUT2D eigenvalue weighted by Gasteiger charge is -1.94. The summed E-state index contributed by atoms with van der Waals surface area (Å²) in [5.41, 5.74) is 7.07. The lowest BCUT2D eigenvalue weighted by atomic mass is 10.2. The molecule has 0 atom stereocenters. The standard InChI is InChI=1S/C15H17N5O2/c16-9-3-6-13-19-20-14(22-13)8-7-12(21)15-17-10-4-1-2-5-11(10)18-15/h1-2,4-5H,3,6-9,16H2,(H,17,18). The number of hydrogen-bond donors (Lipinski definition) is 2. The Labute approximate surface area is 126 Å². The molecule has 3 rings (SSSR count). The van der Waals surface area contributed by atoms with Crippen LogP contribution in [0.15, 0.2) is 28.7 Å². The van der Waals surface area contributed by atoms with Gasteiger partial charge in [0.05, 0.1) is 11.0 Å². The van der Waals surface area contributed by atoms with Crippen molar-refractivity contribution in [2.75, 3.05) is 6.54 Å². The fraction of sp³-hybridized carbons (Fsp3) is 0.333. The molecule has 0 bridgehead atoms. The first-order valence-corrected chi connectivity index (χ1v) is 7.25. The van der Waals surface area contributed by atoms with E-state index in [4.69, 9.17) is 10.2 Å². The topological polar surface area (TPSA) is 111 Å². The Balaban J connectivity index is 1.60. The van der Waals surface area contributed by atoms with E-state index in [1.165, 1.54) is 0 Å². The van der Waals surface area contributed by atoms with Crippen LogP contribution in [0.3, 0.4) is 0 Å². The summed E-state index contributed by atoms with van der Waals surface area (Å²) < 4.78 is 5.47. The van der Waals surface area contributed by atoms with Crippen LogP contribution in [0, 0.1) is 0 Å². The van der Waals surface area contributed by atoms with Gasteiger partial charge in [-0.15, -0.1) is 10.2 Å². The summed E-state index contributed by atoms with van der Waals surface area (Å²) in [5.74, 6) is 1.33. The Morgan fingerprint density at radius 2 is 1.95 bits per heavy atom. The lowest BCUT2D eigenvalue weighted by molar-refractivity contribution is 0.0971. The van der Waals surface area contributed by atoms with Crippen molar-refractivity contribution < 1.29 is 9.21 Å². The minimum absolute atomic E-state index is 0.0714. The van der Waals surface area contributed by atoms with Gasteiger partial charge in [0.25, 0.3) is 0 Å². The summed E-state index contributed by atoms with van der Waals surface area (Å²) in [6, 6.07) is 7.54. The Bertz CT molecular complexity index is 744. The second kappa shape index (κ2) is 6.48. The summed E-state index contributed by atoms with van der Waals surface area (Å²) in [4.78, 5) is 19.5. The van der Waals surface area contributed by atoms with E-state index in [0.717, 1.165) is 17.5 Å². The van der Waals surface area contributed by atoms with Crippen molar-refractivity contribution in [1.82, 2.24) is 20.2 Å². The summed E-state index contributed by atoms with van der Waals surface area (Å²) in [7, 11) is 0. The van der Waals surface area contributed by atoms with Gasteiger partial charge in [0.1, 0.15) is 0 Å². The fourth-order valence-electron chi connectivity index (χ4n) is 2.17. The predicted octanol–water partition coefficient (Wildman–Crippen LogP) is 1.65. The third-order valence-electron chi connectivity index (χ3n) is 3.32. The van der Waals surface area contributed by atoms with Gasteiger partial charge in [0.2, 0.25) is 11.8 Å². The van der Waals surface area contributed by atoms with Crippen molar-refractivity contribution in [2.45, 2.75) is 25.7 Å². The number of aryl methyl sites for hydroxylation is 2. The summed E-state index contributed by atoms with van der Waals surface area (Å²) in [6.07, 6.45) is 2.16. The van der Waals surface area contributed by atoms with Crippen LogP contribution >= 0.6 is 0 Å². The minimum atomic E-state index is -0.0714. The molecule has 3 aromatic rings. The average molecular weight is 299 g/mol.